The van der Waals surface area contributed by atoms with E-state index in [1.165, 1.54) is 16.2 Å². The molecule has 0 fully saturated rings. The van der Waals surface area contributed by atoms with Gasteiger partial charge in [-0.3, -0.25) is 0 Å². The molecule has 2 N–H and O–H groups in total. The van der Waals surface area contributed by atoms with Gasteiger partial charge in [0.15, 0.2) is 0 Å². The van der Waals surface area contributed by atoms with E-state index in [2.05, 4.69) is 21.8 Å². The third-order valence-corrected chi connectivity index (χ3v) is 3.84. The van der Waals surface area contributed by atoms with Crippen LogP contribution in [0.1, 0.15) is 11.1 Å². The highest BCUT2D eigenvalue weighted by molar-refractivity contribution is 7.13. The van der Waals surface area contributed by atoms with Gasteiger partial charge in [-0.25, -0.2) is 0 Å². The summed E-state index contributed by atoms with van der Waals surface area (Å²) < 4.78 is 5.62. The molecule has 3 aromatic rings. The second kappa shape index (κ2) is 5.38. The van der Waals surface area contributed by atoms with Crippen LogP contribution in [0.4, 0.5) is 5.82 Å². The van der Waals surface area contributed by atoms with Crippen molar-refractivity contribution in [3.63, 3.8) is 0 Å². The Balaban J connectivity index is 1.78. The fourth-order valence-electron chi connectivity index (χ4n) is 2.04. The molecule has 1 heterocycles. The number of fused-ring (bicyclic) bond motifs is 1. The van der Waals surface area contributed by atoms with Crippen molar-refractivity contribution in [2.45, 2.75) is 13.2 Å². The van der Waals surface area contributed by atoms with E-state index < -0.39 is 0 Å². The molecule has 0 unspecified atom stereocenters. The number of aromatic nitrogens is 1. The number of anilines is 1. The van der Waals surface area contributed by atoms with Gasteiger partial charge < -0.3 is 10.4 Å². The van der Waals surface area contributed by atoms with Crippen LogP contribution in [-0.4, -0.2) is 9.48 Å². The molecule has 96 valence electrons. The number of hydrogen-bond acceptors (Lipinski definition) is 4. The highest BCUT2D eigenvalue weighted by Gasteiger charge is 2.04. The Morgan fingerprint density at radius 2 is 1.89 bits per heavy atom. The predicted octanol–water partition coefficient (Wildman–Crippen LogP) is 3.40. The zero-order valence-corrected chi connectivity index (χ0v) is 11.2. The molecule has 1 aromatic heterocycles. The van der Waals surface area contributed by atoms with E-state index in [0.29, 0.717) is 6.54 Å². The molecular weight excluding hydrogens is 256 g/mol. The van der Waals surface area contributed by atoms with Gasteiger partial charge in [-0.05, 0) is 34.8 Å². The number of nitrogens with zero attached hydrogens (tertiary/aromatic N) is 1. The summed E-state index contributed by atoms with van der Waals surface area (Å²) in [5, 5.41) is 13.6. The van der Waals surface area contributed by atoms with Gasteiger partial charge in [0, 0.05) is 11.9 Å². The van der Waals surface area contributed by atoms with Gasteiger partial charge >= 0.3 is 0 Å². The highest BCUT2D eigenvalue weighted by atomic mass is 32.1. The van der Waals surface area contributed by atoms with Gasteiger partial charge in [0.1, 0.15) is 5.82 Å². The fraction of sp³-hybridized carbons (Fsp3) is 0.133. The Hall–Kier alpha value is -1.91. The summed E-state index contributed by atoms with van der Waals surface area (Å²) in [5.41, 5.74) is 2.08. The van der Waals surface area contributed by atoms with Crippen molar-refractivity contribution >= 4 is 27.4 Å². The van der Waals surface area contributed by atoms with Crippen molar-refractivity contribution in [1.29, 1.82) is 0 Å². The molecule has 0 bridgehead atoms. The van der Waals surface area contributed by atoms with Crippen LogP contribution in [0.3, 0.4) is 0 Å². The fourth-order valence-corrected chi connectivity index (χ4v) is 2.79. The quantitative estimate of drug-likeness (QED) is 0.763. The Bertz CT molecular complexity index is 693. The first-order valence-corrected chi connectivity index (χ1v) is 6.91. The predicted molar refractivity (Wildman–Crippen MR) is 79.3 cm³/mol. The van der Waals surface area contributed by atoms with Gasteiger partial charge in [-0.2, -0.15) is 4.37 Å². The van der Waals surface area contributed by atoms with Crippen LogP contribution in [0.2, 0.25) is 0 Å². The van der Waals surface area contributed by atoms with Crippen LogP contribution in [0.15, 0.2) is 48.5 Å². The highest BCUT2D eigenvalue weighted by Crippen LogP contribution is 2.26. The molecule has 0 atom stereocenters. The smallest absolute Gasteiger partial charge is 0.147 e. The first kappa shape index (κ1) is 12.1. The minimum atomic E-state index is 0.0769. The molecule has 0 aliphatic heterocycles. The molecule has 0 amide bonds. The summed E-state index contributed by atoms with van der Waals surface area (Å²) in [5.74, 6) is 0.926. The maximum Gasteiger partial charge on any atom is 0.147 e. The Morgan fingerprint density at radius 3 is 2.79 bits per heavy atom. The van der Waals surface area contributed by atoms with Crippen LogP contribution in [-0.2, 0) is 13.2 Å². The first-order valence-electron chi connectivity index (χ1n) is 6.14. The van der Waals surface area contributed by atoms with E-state index in [4.69, 9.17) is 5.11 Å². The number of nitrogens with one attached hydrogen (secondary N) is 1. The lowest BCUT2D eigenvalue weighted by molar-refractivity contribution is 0.281. The number of aliphatic hydroxyl groups is 1. The molecule has 0 aliphatic carbocycles. The summed E-state index contributed by atoms with van der Waals surface area (Å²) in [6, 6.07) is 16.1. The van der Waals surface area contributed by atoms with Gasteiger partial charge in [0.25, 0.3) is 0 Å². The van der Waals surface area contributed by atoms with Crippen LogP contribution in [0.5, 0.6) is 0 Å². The Labute approximate surface area is 115 Å². The van der Waals surface area contributed by atoms with E-state index in [9.17, 15) is 0 Å². The lowest BCUT2D eigenvalue weighted by atomic mass is 10.1. The zero-order chi connectivity index (χ0) is 13.1. The summed E-state index contributed by atoms with van der Waals surface area (Å²) in [6.45, 7) is 0.787. The topological polar surface area (TPSA) is 45.1 Å². The van der Waals surface area contributed by atoms with Crippen molar-refractivity contribution in [3.05, 3.63) is 59.7 Å². The van der Waals surface area contributed by atoms with E-state index in [1.54, 1.807) is 0 Å². The van der Waals surface area contributed by atoms with Crippen molar-refractivity contribution in [2.75, 3.05) is 5.32 Å². The van der Waals surface area contributed by atoms with Crippen molar-refractivity contribution in [3.8, 4) is 0 Å². The van der Waals surface area contributed by atoms with Gasteiger partial charge in [-0.15, -0.1) is 0 Å². The lowest BCUT2D eigenvalue weighted by Crippen LogP contribution is -2.00. The van der Waals surface area contributed by atoms with E-state index in [-0.39, 0.29) is 6.61 Å². The first-order chi connectivity index (χ1) is 9.36. The van der Waals surface area contributed by atoms with Crippen molar-refractivity contribution in [1.82, 2.24) is 4.37 Å². The zero-order valence-electron chi connectivity index (χ0n) is 10.3. The van der Waals surface area contributed by atoms with Crippen LogP contribution < -0.4 is 5.32 Å². The summed E-state index contributed by atoms with van der Waals surface area (Å²) in [4.78, 5) is 0. The maximum atomic E-state index is 9.12. The molecule has 4 heteroatoms. The summed E-state index contributed by atoms with van der Waals surface area (Å²) in [6.07, 6.45) is 0. The van der Waals surface area contributed by atoms with Crippen LogP contribution in [0.25, 0.3) is 10.1 Å². The minimum absolute atomic E-state index is 0.0769. The number of benzene rings is 2. The number of hydrogen-bond donors (Lipinski definition) is 2. The Kier molecular flexibility index (Phi) is 3.44. The average Bonchev–Trinajstić information content (AvgIpc) is 2.89. The molecular formula is C15H14N2OS. The van der Waals surface area contributed by atoms with Gasteiger partial charge in [0.2, 0.25) is 0 Å². The van der Waals surface area contributed by atoms with Gasteiger partial charge in [0.05, 0.1) is 11.3 Å². The van der Waals surface area contributed by atoms with Crippen molar-refractivity contribution in [2.24, 2.45) is 0 Å². The molecule has 0 saturated carbocycles. The molecule has 0 saturated heterocycles. The van der Waals surface area contributed by atoms with Gasteiger partial charge in [-0.1, -0.05) is 36.4 Å². The SMILES string of the molecule is OCc1cccc(CNc2nsc3ccccc23)c1. The van der Waals surface area contributed by atoms with Crippen LogP contribution >= 0.6 is 11.5 Å². The molecule has 19 heavy (non-hydrogen) atoms. The second-order valence-corrected chi connectivity index (χ2v) is 5.16. The maximum absolute atomic E-state index is 9.12. The summed E-state index contributed by atoms with van der Waals surface area (Å²) >= 11 is 1.50. The second-order valence-electron chi connectivity index (χ2n) is 4.36. The number of aliphatic hydroxyl groups excluding tert-OH is 1. The molecule has 2 aromatic carbocycles. The molecule has 0 spiro atoms. The van der Waals surface area contributed by atoms with E-state index >= 15 is 0 Å². The van der Waals surface area contributed by atoms with E-state index in [1.807, 2.05) is 36.4 Å². The third-order valence-electron chi connectivity index (χ3n) is 3.01. The standard InChI is InChI=1S/C15H14N2OS/c18-10-12-5-3-4-11(8-12)9-16-15-13-6-1-2-7-14(13)19-17-15/h1-8,18H,9-10H2,(H,16,17). The molecule has 0 radical (unpaired) electrons. The monoisotopic (exact) mass is 270 g/mol. The average molecular weight is 270 g/mol. The largest absolute Gasteiger partial charge is 0.392 e. The number of rotatable bonds is 4. The lowest BCUT2D eigenvalue weighted by Gasteiger charge is -2.05. The molecule has 3 rings (SSSR count). The third kappa shape index (κ3) is 2.59. The molecule has 3 nitrogen and oxygen atoms in total. The normalized spacial score (nSPS) is 10.8. The van der Waals surface area contributed by atoms with Crippen LogP contribution in [0, 0.1) is 0 Å². The Morgan fingerprint density at radius 1 is 1.05 bits per heavy atom. The minimum Gasteiger partial charge on any atom is -0.392 e. The summed E-state index contributed by atoms with van der Waals surface area (Å²) in [7, 11) is 0. The van der Waals surface area contributed by atoms with Crippen molar-refractivity contribution < 1.29 is 5.11 Å². The molecule has 0 aliphatic rings. The van der Waals surface area contributed by atoms with E-state index in [0.717, 1.165) is 22.3 Å².